The monoisotopic (exact) mass is 259 g/mol. The molecule has 0 fully saturated rings. The van der Waals surface area contributed by atoms with Crippen molar-refractivity contribution in [2.75, 3.05) is 0 Å². The normalized spacial score (nSPS) is 12.4. The maximum Gasteiger partial charge on any atom is 0.251 e. The van der Waals surface area contributed by atoms with Crippen LogP contribution >= 0.6 is 11.8 Å². The number of aromatic nitrogens is 1. The Bertz CT molecular complexity index is 554. The molecule has 0 aliphatic carbocycles. The van der Waals surface area contributed by atoms with Gasteiger partial charge < -0.3 is 5.21 Å². The summed E-state index contributed by atoms with van der Waals surface area (Å²) in [6.07, 6.45) is 1.54. The number of hydrogen-bond donors (Lipinski definition) is 0. The lowest BCUT2D eigenvalue weighted by molar-refractivity contribution is -0.645. The second kappa shape index (κ2) is 5.44. The number of pyridine rings is 1. The average molecular weight is 259 g/mol. The van der Waals surface area contributed by atoms with Crippen LogP contribution in [0.1, 0.15) is 28.9 Å². The van der Waals surface area contributed by atoms with E-state index in [9.17, 15) is 5.21 Å². The van der Waals surface area contributed by atoms with Crippen LogP contribution in [0.4, 0.5) is 0 Å². The van der Waals surface area contributed by atoms with E-state index < -0.39 is 0 Å². The number of rotatable bonds is 3. The van der Waals surface area contributed by atoms with Gasteiger partial charge in [0.1, 0.15) is 0 Å². The molecule has 0 saturated carbocycles. The Morgan fingerprint density at radius 3 is 2.67 bits per heavy atom. The van der Waals surface area contributed by atoms with Crippen LogP contribution in [-0.4, -0.2) is 0 Å². The molecule has 0 amide bonds. The summed E-state index contributed by atoms with van der Waals surface area (Å²) in [5, 5.41) is 12.6. The lowest BCUT2D eigenvalue weighted by Crippen LogP contribution is -2.27. The van der Waals surface area contributed by atoms with E-state index >= 15 is 0 Å². The highest BCUT2D eigenvalue weighted by molar-refractivity contribution is 7.99. The molecule has 0 aliphatic rings. The van der Waals surface area contributed by atoms with Gasteiger partial charge in [-0.2, -0.15) is 4.73 Å². The van der Waals surface area contributed by atoms with Crippen LogP contribution in [0.5, 0.6) is 0 Å². The molecule has 1 aromatic carbocycles. The first kappa shape index (κ1) is 13.0. The minimum absolute atomic E-state index is 0.271. The van der Waals surface area contributed by atoms with Gasteiger partial charge in [-0.3, -0.25) is 0 Å². The zero-order valence-corrected chi connectivity index (χ0v) is 11.7. The van der Waals surface area contributed by atoms with Crippen molar-refractivity contribution in [3.63, 3.8) is 0 Å². The summed E-state index contributed by atoms with van der Waals surface area (Å²) < 4.78 is 0.923. The summed E-state index contributed by atoms with van der Waals surface area (Å²) in [4.78, 5) is 0. The van der Waals surface area contributed by atoms with E-state index in [0.29, 0.717) is 0 Å². The van der Waals surface area contributed by atoms with Crippen LogP contribution in [0.15, 0.2) is 47.6 Å². The molecule has 2 rings (SSSR count). The largest absolute Gasteiger partial charge is 0.618 e. The van der Waals surface area contributed by atoms with Crippen molar-refractivity contribution in [2.45, 2.75) is 31.0 Å². The van der Waals surface area contributed by atoms with Crippen molar-refractivity contribution in [1.29, 1.82) is 0 Å². The zero-order valence-electron chi connectivity index (χ0n) is 10.9. The zero-order chi connectivity index (χ0) is 13.1. The maximum absolute atomic E-state index is 11.6. The van der Waals surface area contributed by atoms with Crippen LogP contribution in [0.2, 0.25) is 0 Å². The van der Waals surface area contributed by atoms with Gasteiger partial charge in [-0.05, 0) is 49.7 Å². The molecule has 1 aromatic heterocycles. The van der Waals surface area contributed by atoms with Gasteiger partial charge in [0, 0.05) is 17.4 Å². The third-order valence-electron chi connectivity index (χ3n) is 2.96. The van der Waals surface area contributed by atoms with Gasteiger partial charge in [-0.25, -0.2) is 0 Å². The fraction of sp³-hybridized carbons (Fsp3) is 0.267. The molecule has 0 saturated heterocycles. The van der Waals surface area contributed by atoms with E-state index in [1.807, 2.05) is 12.1 Å². The molecular formula is C15H17NOS. The molecule has 1 unspecified atom stereocenters. The lowest BCUT2D eigenvalue weighted by Gasteiger charge is -2.14. The molecule has 0 aliphatic heterocycles. The Kier molecular flexibility index (Phi) is 3.92. The van der Waals surface area contributed by atoms with Crippen molar-refractivity contribution in [3.05, 3.63) is 64.5 Å². The van der Waals surface area contributed by atoms with Gasteiger partial charge >= 0.3 is 0 Å². The van der Waals surface area contributed by atoms with E-state index in [0.717, 1.165) is 9.76 Å². The van der Waals surface area contributed by atoms with Crippen molar-refractivity contribution in [3.8, 4) is 0 Å². The second-order valence-electron chi connectivity index (χ2n) is 4.48. The fourth-order valence-electron chi connectivity index (χ4n) is 1.95. The number of thioether (sulfide) groups is 1. The lowest BCUT2D eigenvalue weighted by atomic mass is 10.0. The summed E-state index contributed by atoms with van der Waals surface area (Å²) in [7, 11) is 0. The topological polar surface area (TPSA) is 26.9 Å². The second-order valence-corrected chi connectivity index (χ2v) is 5.85. The number of nitrogens with zero attached hydrogens (tertiary/aromatic N) is 1. The van der Waals surface area contributed by atoms with E-state index in [4.69, 9.17) is 0 Å². The first-order valence-corrected chi connectivity index (χ1v) is 6.88. The molecule has 2 nitrogen and oxygen atoms in total. The van der Waals surface area contributed by atoms with Crippen molar-refractivity contribution < 1.29 is 4.73 Å². The predicted molar refractivity (Wildman–Crippen MR) is 75.6 cm³/mol. The SMILES string of the molecule is Cc1ccc(C)c(C(C)Sc2cccc[n+]2[O-])c1. The molecule has 0 N–H and O–H groups in total. The third kappa shape index (κ3) is 2.85. The van der Waals surface area contributed by atoms with Gasteiger partial charge in [0.2, 0.25) is 0 Å². The maximum atomic E-state index is 11.6. The molecule has 1 atom stereocenters. The van der Waals surface area contributed by atoms with Crippen molar-refractivity contribution >= 4 is 11.8 Å². The van der Waals surface area contributed by atoms with E-state index in [2.05, 4.69) is 39.0 Å². The highest BCUT2D eigenvalue weighted by Gasteiger charge is 2.14. The van der Waals surface area contributed by atoms with Crippen molar-refractivity contribution in [2.24, 2.45) is 0 Å². The fourth-order valence-corrected chi connectivity index (χ4v) is 3.01. The van der Waals surface area contributed by atoms with Crippen LogP contribution in [0, 0.1) is 19.1 Å². The van der Waals surface area contributed by atoms with Crippen LogP contribution in [0.3, 0.4) is 0 Å². The van der Waals surface area contributed by atoms with Crippen LogP contribution in [0.25, 0.3) is 0 Å². The van der Waals surface area contributed by atoms with Gasteiger partial charge in [0.25, 0.3) is 5.03 Å². The molecule has 2 aromatic rings. The van der Waals surface area contributed by atoms with Gasteiger partial charge in [-0.1, -0.05) is 23.8 Å². The summed E-state index contributed by atoms with van der Waals surface area (Å²) in [6.45, 7) is 6.35. The highest BCUT2D eigenvalue weighted by atomic mass is 32.2. The number of aryl methyl sites for hydroxylation is 2. The standard InChI is InChI=1S/C15H17NOS/c1-11-7-8-12(2)14(10-11)13(3)18-15-6-4-5-9-16(15)17/h4-10,13H,1-3H3. The molecule has 18 heavy (non-hydrogen) atoms. The molecule has 1 heterocycles. The third-order valence-corrected chi connectivity index (χ3v) is 4.12. The predicted octanol–water partition coefficient (Wildman–Crippen LogP) is 3.79. The van der Waals surface area contributed by atoms with Gasteiger partial charge in [-0.15, -0.1) is 0 Å². The summed E-state index contributed by atoms with van der Waals surface area (Å²) in [6, 6.07) is 12.0. The van der Waals surface area contributed by atoms with Crippen molar-refractivity contribution in [1.82, 2.24) is 0 Å². The van der Waals surface area contributed by atoms with Crippen LogP contribution < -0.4 is 4.73 Å². The highest BCUT2D eigenvalue weighted by Crippen LogP contribution is 2.34. The Labute approximate surface area is 112 Å². The Balaban J connectivity index is 2.25. The molecule has 0 spiro atoms. The summed E-state index contributed by atoms with van der Waals surface area (Å²) in [5.74, 6) is 0. The Morgan fingerprint density at radius 1 is 1.17 bits per heavy atom. The minimum Gasteiger partial charge on any atom is -0.618 e. The van der Waals surface area contributed by atoms with E-state index in [1.54, 1.807) is 17.8 Å². The van der Waals surface area contributed by atoms with Crippen LogP contribution in [-0.2, 0) is 0 Å². The molecule has 0 radical (unpaired) electrons. The number of hydrogen-bond acceptors (Lipinski definition) is 2. The summed E-state index contributed by atoms with van der Waals surface area (Å²) in [5.41, 5.74) is 3.82. The van der Waals surface area contributed by atoms with E-state index in [1.165, 1.54) is 22.9 Å². The Morgan fingerprint density at radius 2 is 1.94 bits per heavy atom. The molecule has 94 valence electrons. The first-order chi connectivity index (χ1) is 8.58. The average Bonchev–Trinajstić information content (AvgIpc) is 2.35. The quantitative estimate of drug-likeness (QED) is 0.476. The summed E-state index contributed by atoms with van der Waals surface area (Å²) >= 11 is 1.60. The first-order valence-electron chi connectivity index (χ1n) is 6.00. The molecule has 0 bridgehead atoms. The number of benzene rings is 1. The molecular weight excluding hydrogens is 242 g/mol. The van der Waals surface area contributed by atoms with Gasteiger partial charge in [0.15, 0.2) is 6.20 Å². The van der Waals surface area contributed by atoms with Gasteiger partial charge in [0.05, 0.1) is 0 Å². The Hall–Kier alpha value is -1.48. The minimum atomic E-state index is 0.271. The van der Waals surface area contributed by atoms with E-state index in [-0.39, 0.29) is 5.25 Å². The molecule has 3 heteroatoms. The smallest absolute Gasteiger partial charge is 0.251 e.